The number of thiocarbonyl (C=S) groups is 1. The van der Waals surface area contributed by atoms with Crippen molar-refractivity contribution in [2.75, 3.05) is 23.7 Å². The van der Waals surface area contributed by atoms with E-state index in [0.717, 1.165) is 47.1 Å². The van der Waals surface area contributed by atoms with Gasteiger partial charge >= 0.3 is 0 Å². The number of hydrogen-bond acceptors (Lipinski definition) is 4. The Morgan fingerprint density at radius 3 is 2.70 bits per heavy atom. The molecule has 1 aromatic heterocycles. The van der Waals surface area contributed by atoms with Crippen LogP contribution in [0.5, 0.6) is 0 Å². The molecule has 0 unspecified atom stereocenters. The quantitative estimate of drug-likeness (QED) is 0.368. The number of nitriles is 1. The van der Waals surface area contributed by atoms with Crippen molar-refractivity contribution in [1.29, 1.82) is 5.26 Å². The SMILES string of the molecule is CCc1ccccc1NC(=S)NCCCNc1nc2cc(C)cc(C)c2cc1C#N. The lowest BCUT2D eigenvalue weighted by Gasteiger charge is -2.14. The molecular weight excluding hydrogens is 390 g/mol. The number of para-hydroxylation sites is 1. The Balaban J connectivity index is 1.53. The molecule has 0 aliphatic carbocycles. The summed E-state index contributed by atoms with van der Waals surface area (Å²) < 4.78 is 0. The Bertz CT molecular complexity index is 1100. The summed E-state index contributed by atoms with van der Waals surface area (Å²) in [6.45, 7) is 7.65. The lowest BCUT2D eigenvalue weighted by Crippen LogP contribution is -2.30. The number of anilines is 2. The first-order valence-electron chi connectivity index (χ1n) is 10.2. The van der Waals surface area contributed by atoms with Crippen molar-refractivity contribution in [3.8, 4) is 6.07 Å². The van der Waals surface area contributed by atoms with E-state index in [0.29, 0.717) is 23.0 Å². The normalized spacial score (nSPS) is 10.5. The van der Waals surface area contributed by atoms with Gasteiger partial charge < -0.3 is 16.0 Å². The molecule has 2 aromatic carbocycles. The third-order valence-corrected chi connectivity index (χ3v) is 5.23. The van der Waals surface area contributed by atoms with Crippen molar-refractivity contribution >= 4 is 39.7 Å². The van der Waals surface area contributed by atoms with Crippen LogP contribution in [0.25, 0.3) is 10.9 Å². The predicted molar refractivity (Wildman–Crippen MR) is 129 cm³/mol. The molecule has 0 bridgehead atoms. The minimum atomic E-state index is 0.566. The lowest BCUT2D eigenvalue weighted by molar-refractivity contribution is 0.807. The molecule has 3 aromatic rings. The Labute approximate surface area is 183 Å². The summed E-state index contributed by atoms with van der Waals surface area (Å²) in [6, 6.07) is 16.5. The number of nitrogens with one attached hydrogen (secondary N) is 3. The van der Waals surface area contributed by atoms with E-state index in [2.05, 4.69) is 59.1 Å². The van der Waals surface area contributed by atoms with Crippen LogP contribution in [0.4, 0.5) is 11.5 Å². The molecule has 0 fully saturated rings. The molecular formula is C24H27N5S. The molecule has 30 heavy (non-hydrogen) atoms. The van der Waals surface area contributed by atoms with Crippen LogP contribution in [0.3, 0.4) is 0 Å². The molecule has 3 rings (SSSR count). The molecule has 0 saturated heterocycles. The summed E-state index contributed by atoms with van der Waals surface area (Å²) in [7, 11) is 0. The zero-order valence-corrected chi connectivity index (χ0v) is 18.5. The minimum Gasteiger partial charge on any atom is -0.369 e. The fraction of sp³-hybridized carbons (Fsp3) is 0.292. The second-order valence-corrected chi connectivity index (χ2v) is 7.73. The third kappa shape index (κ3) is 5.25. The van der Waals surface area contributed by atoms with Crippen LogP contribution in [-0.4, -0.2) is 23.2 Å². The smallest absolute Gasteiger partial charge is 0.170 e. The summed E-state index contributed by atoms with van der Waals surface area (Å²) in [4.78, 5) is 4.68. The van der Waals surface area contributed by atoms with E-state index in [-0.39, 0.29) is 0 Å². The first-order chi connectivity index (χ1) is 14.5. The van der Waals surface area contributed by atoms with Crippen molar-refractivity contribution in [3.05, 3.63) is 64.7 Å². The Morgan fingerprint density at radius 1 is 1.13 bits per heavy atom. The molecule has 0 radical (unpaired) electrons. The van der Waals surface area contributed by atoms with Crippen LogP contribution in [0, 0.1) is 25.2 Å². The van der Waals surface area contributed by atoms with E-state index < -0.39 is 0 Å². The monoisotopic (exact) mass is 417 g/mol. The molecule has 0 atom stereocenters. The van der Waals surface area contributed by atoms with Gasteiger partial charge in [-0.15, -0.1) is 0 Å². The van der Waals surface area contributed by atoms with E-state index >= 15 is 0 Å². The van der Waals surface area contributed by atoms with Gasteiger partial charge in [-0.05, 0) is 73.8 Å². The van der Waals surface area contributed by atoms with Gasteiger partial charge in [0, 0.05) is 24.2 Å². The Morgan fingerprint density at radius 2 is 1.93 bits per heavy atom. The first kappa shape index (κ1) is 21.5. The number of hydrogen-bond donors (Lipinski definition) is 3. The molecule has 154 valence electrons. The summed E-state index contributed by atoms with van der Waals surface area (Å²) in [5, 5.41) is 20.9. The Kier molecular flexibility index (Phi) is 7.21. The maximum atomic E-state index is 9.51. The van der Waals surface area contributed by atoms with Gasteiger partial charge in [0.15, 0.2) is 5.11 Å². The number of benzene rings is 2. The lowest BCUT2D eigenvalue weighted by atomic mass is 10.0. The maximum absolute atomic E-state index is 9.51. The van der Waals surface area contributed by atoms with Crippen molar-refractivity contribution < 1.29 is 0 Å². The molecule has 3 N–H and O–H groups in total. The van der Waals surface area contributed by atoms with Gasteiger partial charge in [0.25, 0.3) is 0 Å². The standard InChI is InChI=1S/C24H27N5S/c1-4-18-8-5-6-9-21(18)29-24(30)27-11-7-10-26-23-19(15-25)14-20-17(3)12-16(2)13-22(20)28-23/h5-6,8-9,12-14H,4,7,10-11H2,1-3H3,(H,26,28)(H2,27,29,30). The van der Waals surface area contributed by atoms with Gasteiger partial charge in [-0.3, -0.25) is 0 Å². The Hall–Kier alpha value is -3.17. The summed E-state index contributed by atoms with van der Waals surface area (Å²) >= 11 is 5.41. The summed E-state index contributed by atoms with van der Waals surface area (Å²) in [5.74, 6) is 0.632. The van der Waals surface area contributed by atoms with Crippen molar-refractivity contribution in [1.82, 2.24) is 10.3 Å². The van der Waals surface area contributed by atoms with Crippen LogP contribution in [0.1, 0.15) is 35.6 Å². The fourth-order valence-corrected chi connectivity index (χ4v) is 3.68. The first-order valence-corrected chi connectivity index (χ1v) is 10.6. The zero-order valence-electron chi connectivity index (χ0n) is 17.7. The van der Waals surface area contributed by atoms with Crippen molar-refractivity contribution in [2.24, 2.45) is 0 Å². The topological polar surface area (TPSA) is 72.8 Å². The van der Waals surface area contributed by atoms with Crippen LogP contribution in [0.2, 0.25) is 0 Å². The van der Waals surface area contributed by atoms with Crippen molar-refractivity contribution in [3.63, 3.8) is 0 Å². The molecule has 0 saturated carbocycles. The fourth-order valence-electron chi connectivity index (χ4n) is 3.46. The van der Waals surface area contributed by atoms with Crippen LogP contribution < -0.4 is 16.0 Å². The predicted octanol–water partition coefficient (Wildman–Crippen LogP) is 5.07. The minimum absolute atomic E-state index is 0.566. The number of pyridine rings is 1. The number of nitrogens with zero attached hydrogens (tertiary/aromatic N) is 2. The second-order valence-electron chi connectivity index (χ2n) is 7.32. The number of aryl methyl sites for hydroxylation is 3. The highest BCUT2D eigenvalue weighted by atomic mass is 32.1. The van der Waals surface area contributed by atoms with Gasteiger partial charge in [-0.1, -0.05) is 31.2 Å². The van der Waals surface area contributed by atoms with E-state index in [1.54, 1.807) is 0 Å². The highest BCUT2D eigenvalue weighted by Crippen LogP contribution is 2.24. The molecule has 5 nitrogen and oxygen atoms in total. The molecule has 0 amide bonds. The van der Waals surface area contributed by atoms with E-state index in [1.807, 2.05) is 31.2 Å². The number of aromatic nitrogens is 1. The van der Waals surface area contributed by atoms with Crippen LogP contribution in [-0.2, 0) is 6.42 Å². The molecule has 6 heteroatoms. The van der Waals surface area contributed by atoms with Gasteiger partial charge in [-0.25, -0.2) is 4.98 Å². The van der Waals surface area contributed by atoms with Gasteiger partial charge in [0.2, 0.25) is 0 Å². The third-order valence-electron chi connectivity index (χ3n) is 4.98. The molecule has 0 spiro atoms. The molecule has 1 heterocycles. The second kappa shape index (κ2) is 10.0. The maximum Gasteiger partial charge on any atom is 0.170 e. The number of fused-ring (bicyclic) bond motifs is 1. The van der Waals surface area contributed by atoms with Crippen LogP contribution in [0.15, 0.2) is 42.5 Å². The summed E-state index contributed by atoms with van der Waals surface area (Å²) in [5.41, 5.74) is 6.05. The van der Waals surface area contributed by atoms with Gasteiger partial charge in [0.1, 0.15) is 11.9 Å². The van der Waals surface area contributed by atoms with E-state index in [1.165, 1.54) is 5.56 Å². The summed E-state index contributed by atoms with van der Waals surface area (Å²) in [6.07, 6.45) is 1.80. The van der Waals surface area contributed by atoms with Gasteiger partial charge in [0.05, 0.1) is 11.1 Å². The van der Waals surface area contributed by atoms with Crippen molar-refractivity contribution in [2.45, 2.75) is 33.6 Å². The highest BCUT2D eigenvalue weighted by molar-refractivity contribution is 7.80. The van der Waals surface area contributed by atoms with E-state index in [4.69, 9.17) is 12.2 Å². The average Bonchev–Trinajstić information content (AvgIpc) is 2.73. The molecule has 0 aliphatic rings. The van der Waals surface area contributed by atoms with E-state index in [9.17, 15) is 5.26 Å². The van der Waals surface area contributed by atoms with Gasteiger partial charge in [-0.2, -0.15) is 5.26 Å². The number of rotatable bonds is 7. The molecule has 0 aliphatic heterocycles. The largest absolute Gasteiger partial charge is 0.369 e. The zero-order chi connectivity index (χ0) is 21.5. The average molecular weight is 418 g/mol. The van der Waals surface area contributed by atoms with Crippen LogP contribution >= 0.6 is 12.2 Å². The highest BCUT2D eigenvalue weighted by Gasteiger charge is 2.09.